The Kier molecular flexibility index (Phi) is 10.1. The van der Waals surface area contributed by atoms with Gasteiger partial charge in [0, 0.05) is 18.5 Å². The van der Waals surface area contributed by atoms with E-state index in [1.54, 1.807) is 19.1 Å². The second-order valence-electron chi connectivity index (χ2n) is 10.5. The van der Waals surface area contributed by atoms with Gasteiger partial charge in [0.05, 0.1) is 53.3 Å². The third kappa shape index (κ3) is 8.57. The average Bonchev–Trinajstić information content (AvgIpc) is 3.71. The van der Waals surface area contributed by atoms with Gasteiger partial charge in [0.25, 0.3) is 11.8 Å². The Morgan fingerprint density at radius 2 is 1.86 bits per heavy atom. The van der Waals surface area contributed by atoms with Gasteiger partial charge in [0.1, 0.15) is 9.88 Å². The first-order chi connectivity index (χ1) is 20.4. The van der Waals surface area contributed by atoms with Crippen molar-refractivity contribution in [1.29, 1.82) is 0 Å². The molecule has 1 aliphatic carbocycles. The van der Waals surface area contributed by atoms with Crippen molar-refractivity contribution in [2.24, 2.45) is 5.92 Å². The summed E-state index contributed by atoms with van der Waals surface area (Å²) in [6, 6.07) is 6.77. The third-order valence-corrected chi connectivity index (χ3v) is 7.52. The van der Waals surface area contributed by atoms with Crippen LogP contribution in [0.5, 0.6) is 5.75 Å². The lowest BCUT2D eigenvalue weighted by Gasteiger charge is -2.23. The minimum Gasteiger partial charge on any atom is -0.494 e. The molecule has 4 N–H and O–H groups in total. The molecule has 1 aliphatic rings. The van der Waals surface area contributed by atoms with E-state index in [9.17, 15) is 14.4 Å². The van der Waals surface area contributed by atoms with Crippen molar-refractivity contribution in [3.05, 3.63) is 40.5 Å². The van der Waals surface area contributed by atoms with Gasteiger partial charge in [-0.1, -0.05) is 11.3 Å². The van der Waals surface area contributed by atoms with Crippen LogP contribution >= 0.6 is 11.3 Å². The highest BCUT2D eigenvalue weighted by molar-refractivity contribution is 7.17. The van der Waals surface area contributed by atoms with E-state index in [0.717, 1.165) is 25.8 Å². The average molecular weight is 596 g/mol. The van der Waals surface area contributed by atoms with Crippen molar-refractivity contribution in [3.8, 4) is 16.3 Å². The maximum absolute atomic E-state index is 12.9. The Morgan fingerprint density at radius 1 is 1.12 bits per heavy atom. The normalized spacial score (nSPS) is 13.0. The molecule has 0 bridgehead atoms. The summed E-state index contributed by atoms with van der Waals surface area (Å²) in [5.74, 6) is -0.706. The van der Waals surface area contributed by atoms with E-state index < -0.39 is 11.1 Å². The topological polar surface area (TPSA) is 150 Å². The summed E-state index contributed by atoms with van der Waals surface area (Å²) < 4.78 is 5.76. The number of para-hydroxylation sites is 1. The lowest BCUT2D eigenvalue weighted by Crippen LogP contribution is -2.50. The van der Waals surface area contributed by atoms with E-state index in [2.05, 4.69) is 41.3 Å². The van der Waals surface area contributed by atoms with Gasteiger partial charge in [-0.2, -0.15) is 0 Å². The highest BCUT2D eigenvalue weighted by Crippen LogP contribution is 2.40. The van der Waals surface area contributed by atoms with Crippen LogP contribution in [0.2, 0.25) is 0 Å². The van der Waals surface area contributed by atoms with Gasteiger partial charge >= 0.3 is 0 Å². The van der Waals surface area contributed by atoms with Crippen molar-refractivity contribution >= 4 is 69.8 Å². The predicted octanol–water partition coefficient (Wildman–Crippen LogP) is 1.54. The lowest BCUT2D eigenvalue weighted by atomic mass is 9.49. The van der Waals surface area contributed by atoms with E-state index >= 15 is 0 Å². The molecule has 4 rings (SSSR count). The SMILES string of the molecule is [B]C([B])([B])NC(=O)c1nnc(NC(=O)C2CC2)cc1Nc1cccc(-c2nc(C)c(C(=O)NCCCN(C)C)s2)c1OC. The number of carbonyl (C=O) groups is 3. The smallest absolute Gasteiger partial charge is 0.272 e. The Labute approximate surface area is 258 Å². The standard InChI is InChI=1S/C27H31B3N8O4S/c1-14-22(25(41)31-11-6-12-38(2)3)43-26(32-14)16-7-5-8-17(21(16)42-4)33-18-13-19(34-23(39)15-9-10-15)36-37-20(18)24(40)35-27(28,29)30/h5,7-8,13,15H,6,9-12H2,1-4H3,(H,31,41)(H,35,40)(H2,33,34,36,39). The number of ether oxygens (including phenoxy) is 1. The van der Waals surface area contributed by atoms with Crippen LogP contribution in [0.1, 0.15) is 45.1 Å². The van der Waals surface area contributed by atoms with Gasteiger partial charge in [-0.3, -0.25) is 14.4 Å². The van der Waals surface area contributed by atoms with Crippen molar-refractivity contribution in [2.75, 3.05) is 44.9 Å². The van der Waals surface area contributed by atoms with E-state index in [1.165, 1.54) is 24.5 Å². The summed E-state index contributed by atoms with van der Waals surface area (Å²) in [7, 11) is 22.2. The molecule has 0 atom stereocenters. The van der Waals surface area contributed by atoms with E-state index in [0.29, 0.717) is 39.1 Å². The number of hydrogen-bond donors (Lipinski definition) is 4. The molecule has 0 unspecified atom stereocenters. The molecule has 1 saturated carbocycles. The third-order valence-electron chi connectivity index (χ3n) is 6.33. The molecule has 2 heterocycles. The molecule has 16 heteroatoms. The molecule has 218 valence electrons. The molecule has 0 spiro atoms. The fourth-order valence-corrected chi connectivity index (χ4v) is 5.12. The number of hydrogen-bond acceptors (Lipinski definition) is 10. The predicted molar refractivity (Wildman–Crippen MR) is 168 cm³/mol. The molecule has 43 heavy (non-hydrogen) atoms. The Morgan fingerprint density at radius 3 is 2.51 bits per heavy atom. The number of carbonyl (C=O) groups excluding carboxylic acids is 3. The zero-order valence-electron chi connectivity index (χ0n) is 24.5. The summed E-state index contributed by atoms with van der Waals surface area (Å²) >= 11 is 1.24. The van der Waals surface area contributed by atoms with Crippen LogP contribution in [-0.2, 0) is 4.79 Å². The minimum absolute atomic E-state index is 0.0722. The number of aromatic nitrogens is 3. The number of nitrogens with one attached hydrogen (secondary N) is 4. The Hall–Kier alpha value is -3.91. The largest absolute Gasteiger partial charge is 0.494 e. The second-order valence-corrected chi connectivity index (χ2v) is 11.5. The highest BCUT2D eigenvalue weighted by atomic mass is 32.1. The van der Waals surface area contributed by atoms with Crippen LogP contribution in [0.15, 0.2) is 24.3 Å². The number of benzene rings is 1. The van der Waals surface area contributed by atoms with Gasteiger partial charge in [-0.05, 0) is 59.0 Å². The summed E-state index contributed by atoms with van der Waals surface area (Å²) in [6.45, 7) is 3.19. The van der Waals surface area contributed by atoms with Crippen molar-refractivity contribution in [1.82, 2.24) is 30.7 Å². The summed E-state index contributed by atoms with van der Waals surface area (Å²) in [4.78, 5) is 45.3. The van der Waals surface area contributed by atoms with E-state index in [1.807, 2.05) is 20.2 Å². The first-order valence-corrected chi connectivity index (χ1v) is 14.4. The number of methoxy groups -OCH3 is 1. The van der Waals surface area contributed by atoms with Gasteiger partial charge < -0.3 is 30.9 Å². The summed E-state index contributed by atoms with van der Waals surface area (Å²) in [6.07, 6.45) is 2.43. The summed E-state index contributed by atoms with van der Waals surface area (Å²) in [5, 5.41) is 17.6. The monoisotopic (exact) mass is 596 g/mol. The molecule has 6 radical (unpaired) electrons. The maximum atomic E-state index is 12.9. The molecule has 2 aromatic heterocycles. The van der Waals surface area contributed by atoms with Crippen LogP contribution in [-0.4, -0.2) is 101 Å². The molecule has 0 saturated heterocycles. The van der Waals surface area contributed by atoms with E-state index in [4.69, 9.17) is 28.3 Å². The zero-order chi connectivity index (χ0) is 31.3. The number of nitrogens with zero attached hydrogens (tertiary/aromatic N) is 4. The molecule has 3 amide bonds. The van der Waals surface area contributed by atoms with Crippen LogP contribution in [0.3, 0.4) is 0 Å². The van der Waals surface area contributed by atoms with Crippen LogP contribution in [0, 0.1) is 12.8 Å². The summed E-state index contributed by atoms with van der Waals surface area (Å²) in [5.41, 5.74) is 1.65. The Balaban J connectivity index is 1.64. The molecule has 12 nitrogen and oxygen atoms in total. The lowest BCUT2D eigenvalue weighted by molar-refractivity contribution is -0.117. The second kappa shape index (κ2) is 13.6. The quantitative estimate of drug-likeness (QED) is 0.170. The fourth-order valence-electron chi connectivity index (χ4n) is 4.11. The Bertz CT molecular complexity index is 1510. The minimum atomic E-state index is -2.01. The van der Waals surface area contributed by atoms with Crippen molar-refractivity contribution in [2.45, 2.75) is 31.4 Å². The number of anilines is 3. The molecule has 0 aliphatic heterocycles. The molecule has 1 fully saturated rings. The molecular weight excluding hydrogens is 565 g/mol. The molecule has 3 aromatic rings. The van der Waals surface area contributed by atoms with Crippen LogP contribution in [0.25, 0.3) is 10.6 Å². The number of rotatable bonds is 13. The van der Waals surface area contributed by atoms with E-state index in [-0.39, 0.29) is 34.9 Å². The molecular formula is C27H31B3N8O4S. The number of amides is 3. The molecule has 1 aromatic carbocycles. The highest BCUT2D eigenvalue weighted by Gasteiger charge is 2.30. The number of aryl methyl sites for hydroxylation is 1. The zero-order valence-corrected chi connectivity index (χ0v) is 25.3. The van der Waals surface area contributed by atoms with Crippen molar-refractivity contribution < 1.29 is 19.1 Å². The van der Waals surface area contributed by atoms with Crippen LogP contribution < -0.4 is 26.0 Å². The van der Waals surface area contributed by atoms with Gasteiger partial charge in [-0.15, -0.1) is 21.5 Å². The van der Waals surface area contributed by atoms with Gasteiger partial charge in [0.15, 0.2) is 17.3 Å². The first-order valence-electron chi connectivity index (χ1n) is 13.6. The van der Waals surface area contributed by atoms with Crippen LogP contribution in [0.4, 0.5) is 17.2 Å². The maximum Gasteiger partial charge on any atom is 0.272 e. The van der Waals surface area contributed by atoms with Crippen molar-refractivity contribution in [3.63, 3.8) is 0 Å². The fraction of sp³-hybridized carbons (Fsp3) is 0.407. The van der Waals surface area contributed by atoms with Gasteiger partial charge in [0.2, 0.25) is 5.91 Å². The number of thiazole rings is 1. The first kappa shape index (κ1) is 32.0. The van der Waals surface area contributed by atoms with Gasteiger partial charge in [-0.25, -0.2) is 4.98 Å².